The quantitative estimate of drug-likeness (QED) is 0.156. The average Bonchev–Trinajstić information content (AvgIpc) is 4.44. The third-order valence-electron chi connectivity index (χ3n) is 18.4. The van der Waals surface area contributed by atoms with Crippen LogP contribution in [0.4, 0.5) is 11.4 Å². The van der Waals surface area contributed by atoms with Crippen LogP contribution in [0.15, 0.2) is 291 Å². The molecule has 0 bridgehead atoms. The number of anilines is 2. The summed E-state index contributed by atoms with van der Waals surface area (Å²) in [6, 6.07) is 94.2. The highest BCUT2D eigenvalue weighted by Crippen LogP contribution is 2.54. The number of hydrogen-bond donors (Lipinski definition) is 0. The first kappa shape index (κ1) is 46.2. The maximum atomic E-state index is 2.54. The molecule has 18 rings (SSSR count). The Morgan fingerprint density at radius 3 is 1.47 bits per heavy atom. The van der Waals surface area contributed by atoms with Gasteiger partial charge in [-0.3, -0.25) is 0 Å². The van der Waals surface area contributed by atoms with E-state index in [4.69, 9.17) is 0 Å². The molecule has 0 saturated heterocycles. The SMILES string of the molecule is C1=CC(c2ccc3c(c2)C2CC(c4ccc(-n5c6ccccc6c6ccc7c8ccccc8n(-c8ccccc8)c7c65)cc4)=CC=C2N3c2ccccc2)CC=C1n1c2ccccc2c2ccc3c(c4ccccc4n3-c3ccccc3)c21. The molecule has 4 aromatic heterocycles. The lowest BCUT2D eigenvalue weighted by atomic mass is 9.83. The predicted octanol–water partition coefficient (Wildman–Crippen LogP) is 20.3. The molecule has 3 aliphatic rings. The predicted molar refractivity (Wildman–Crippen MR) is 348 cm³/mol. The molecule has 2 unspecified atom stereocenters. The van der Waals surface area contributed by atoms with E-state index >= 15 is 0 Å². The van der Waals surface area contributed by atoms with E-state index in [9.17, 15) is 0 Å². The van der Waals surface area contributed by atoms with Gasteiger partial charge in [0.25, 0.3) is 0 Å². The van der Waals surface area contributed by atoms with E-state index in [1.165, 1.54) is 138 Å². The monoisotopic (exact) mass is 1060 g/mol. The van der Waals surface area contributed by atoms with E-state index in [0.29, 0.717) is 0 Å². The molecular weight excluding hydrogens is 1010 g/mol. The van der Waals surface area contributed by atoms with E-state index in [0.717, 1.165) is 24.2 Å². The highest BCUT2D eigenvalue weighted by molar-refractivity contribution is 6.27. The Morgan fingerprint density at radius 1 is 0.361 bits per heavy atom. The molecule has 83 heavy (non-hydrogen) atoms. The molecule has 2 aliphatic carbocycles. The molecule has 1 aliphatic heterocycles. The molecule has 2 atom stereocenters. The zero-order valence-corrected chi connectivity index (χ0v) is 45.4. The van der Waals surface area contributed by atoms with Crippen LogP contribution in [0.1, 0.15) is 41.4 Å². The molecule has 5 heteroatoms. The standard InChI is InChI=1S/C78H53N5/c1-4-18-54(19-5-1)79-72-45-36-52(50-32-38-57(39-33-50)81-68-28-14-10-24-59(68)62-44-47-74-75(76(62)81)65-27-13-17-31-71(65)80(74)55-20-6-2-7-21-55)48-66(72)67-49-53(37-46-73(67)79)51-34-40-58(41-35-51)83-70-30-16-12-26-61(70)64-43-42-63-60-25-11-15-29-69(60)82(77(63)78(64)83)56-22-8-3-9-23-56/h1-32,34-48,50,67H,33,49H2. The summed E-state index contributed by atoms with van der Waals surface area (Å²) in [4.78, 5) is 2.50. The van der Waals surface area contributed by atoms with Crippen LogP contribution >= 0.6 is 0 Å². The zero-order chi connectivity index (χ0) is 54.3. The third-order valence-corrected chi connectivity index (χ3v) is 18.4. The minimum Gasteiger partial charge on any atom is -0.313 e. The first-order valence-electron chi connectivity index (χ1n) is 29.1. The molecule has 0 radical (unpaired) electrons. The summed E-state index contributed by atoms with van der Waals surface area (Å²) in [7, 11) is 0. The van der Waals surface area contributed by atoms with E-state index in [-0.39, 0.29) is 11.8 Å². The van der Waals surface area contributed by atoms with Crippen molar-refractivity contribution < 1.29 is 0 Å². The van der Waals surface area contributed by atoms with E-state index in [2.05, 4.69) is 308 Å². The molecule has 0 spiro atoms. The van der Waals surface area contributed by atoms with Gasteiger partial charge in [-0.25, -0.2) is 0 Å². The van der Waals surface area contributed by atoms with Gasteiger partial charge in [-0.15, -0.1) is 0 Å². The van der Waals surface area contributed by atoms with Gasteiger partial charge in [-0.1, -0.05) is 188 Å². The van der Waals surface area contributed by atoms with Gasteiger partial charge in [0, 0.05) is 94.8 Å². The van der Waals surface area contributed by atoms with Crippen molar-refractivity contribution in [1.29, 1.82) is 0 Å². The Bertz CT molecular complexity index is 5310. The number of para-hydroxylation sites is 7. The molecule has 5 heterocycles. The molecule has 0 saturated carbocycles. The number of fused-ring (bicyclic) bond motifs is 17. The lowest BCUT2D eigenvalue weighted by molar-refractivity contribution is 0.818. The zero-order valence-electron chi connectivity index (χ0n) is 45.4. The molecular formula is C78H53N5. The van der Waals surface area contributed by atoms with Crippen LogP contribution < -0.4 is 4.90 Å². The summed E-state index contributed by atoms with van der Waals surface area (Å²) in [6.07, 6.45) is 13.9. The van der Waals surface area contributed by atoms with Crippen molar-refractivity contribution in [2.45, 2.75) is 24.7 Å². The van der Waals surface area contributed by atoms with Crippen LogP contribution in [-0.2, 0) is 0 Å². The topological polar surface area (TPSA) is 23.0 Å². The van der Waals surface area contributed by atoms with Crippen molar-refractivity contribution in [2.24, 2.45) is 0 Å². The summed E-state index contributed by atoms with van der Waals surface area (Å²) in [5, 5.41) is 10.1. The maximum absolute atomic E-state index is 2.54. The van der Waals surface area contributed by atoms with Crippen LogP contribution in [0.2, 0.25) is 0 Å². The number of aromatic nitrogens is 4. The molecule has 15 aromatic rings. The average molecular weight is 1060 g/mol. The first-order chi connectivity index (χ1) is 41.2. The van der Waals surface area contributed by atoms with Crippen LogP contribution in [-0.4, -0.2) is 18.3 Å². The molecule has 0 N–H and O–H groups in total. The smallest absolute Gasteiger partial charge is 0.0788 e. The largest absolute Gasteiger partial charge is 0.313 e. The highest BCUT2D eigenvalue weighted by Gasteiger charge is 2.37. The van der Waals surface area contributed by atoms with Gasteiger partial charge in [0.05, 0.1) is 44.1 Å². The van der Waals surface area contributed by atoms with E-state index < -0.39 is 0 Å². The Morgan fingerprint density at radius 2 is 0.867 bits per heavy atom. The normalized spacial score (nSPS) is 16.0. The van der Waals surface area contributed by atoms with Gasteiger partial charge in [0.1, 0.15) is 0 Å². The van der Waals surface area contributed by atoms with Gasteiger partial charge in [-0.05, 0) is 132 Å². The van der Waals surface area contributed by atoms with Crippen molar-refractivity contribution in [1.82, 2.24) is 18.3 Å². The van der Waals surface area contributed by atoms with Crippen LogP contribution in [0.3, 0.4) is 0 Å². The summed E-state index contributed by atoms with van der Waals surface area (Å²) in [5.41, 5.74) is 23.6. The Labute approximate surface area is 479 Å². The van der Waals surface area contributed by atoms with Gasteiger partial charge in [-0.2, -0.15) is 0 Å². The second kappa shape index (κ2) is 17.9. The second-order valence-electron chi connectivity index (χ2n) is 22.7. The van der Waals surface area contributed by atoms with Crippen molar-refractivity contribution in [3.63, 3.8) is 0 Å². The minimum atomic E-state index is 0.201. The van der Waals surface area contributed by atoms with Crippen molar-refractivity contribution in [3.8, 4) is 17.1 Å². The number of hydrogen-bond acceptors (Lipinski definition) is 1. The summed E-state index contributed by atoms with van der Waals surface area (Å²) >= 11 is 0. The number of nitrogens with zero attached hydrogens (tertiary/aromatic N) is 5. The highest BCUT2D eigenvalue weighted by atomic mass is 15.2. The summed E-state index contributed by atoms with van der Waals surface area (Å²) < 4.78 is 9.93. The Kier molecular flexibility index (Phi) is 9.98. The number of benzene rings is 11. The van der Waals surface area contributed by atoms with E-state index in [1.54, 1.807) is 0 Å². The van der Waals surface area contributed by atoms with Gasteiger partial charge >= 0.3 is 0 Å². The molecule has 390 valence electrons. The number of rotatable bonds is 7. The van der Waals surface area contributed by atoms with Gasteiger partial charge in [0.15, 0.2) is 0 Å². The molecule has 0 amide bonds. The Balaban J connectivity index is 0.711. The lowest BCUT2D eigenvalue weighted by Gasteiger charge is -2.26. The lowest BCUT2D eigenvalue weighted by Crippen LogP contribution is -2.15. The molecule has 11 aromatic carbocycles. The van der Waals surface area contributed by atoms with Gasteiger partial charge in [0.2, 0.25) is 0 Å². The van der Waals surface area contributed by atoms with E-state index in [1.807, 2.05) is 0 Å². The van der Waals surface area contributed by atoms with Crippen molar-refractivity contribution in [2.75, 3.05) is 4.90 Å². The first-order valence-corrected chi connectivity index (χ1v) is 29.1. The fourth-order valence-electron chi connectivity index (χ4n) is 14.8. The van der Waals surface area contributed by atoms with Crippen LogP contribution in [0, 0.1) is 0 Å². The van der Waals surface area contributed by atoms with Crippen molar-refractivity contribution in [3.05, 3.63) is 308 Å². The number of allylic oxidation sites excluding steroid dienone is 8. The van der Waals surface area contributed by atoms with Gasteiger partial charge < -0.3 is 23.2 Å². The fraction of sp³-hybridized carbons (Fsp3) is 0.0513. The Hall–Kier alpha value is -10.6. The van der Waals surface area contributed by atoms with Crippen molar-refractivity contribution >= 4 is 110 Å². The molecule has 5 nitrogen and oxygen atoms in total. The van der Waals surface area contributed by atoms with Crippen LogP contribution in [0.25, 0.3) is 116 Å². The van der Waals surface area contributed by atoms with Crippen LogP contribution in [0.5, 0.6) is 0 Å². The summed E-state index contributed by atoms with van der Waals surface area (Å²) in [6.45, 7) is 0. The summed E-state index contributed by atoms with van der Waals surface area (Å²) in [5.74, 6) is 0.435. The molecule has 0 fully saturated rings. The second-order valence-corrected chi connectivity index (χ2v) is 22.7. The minimum absolute atomic E-state index is 0.201. The maximum Gasteiger partial charge on any atom is 0.0788 e. The fourth-order valence-corrected chi connectivity index (χ4v) is 14.8. The third kappa shape index (κ3) is 6.76.